The molecule has 0 N–H and O–H groups in total. The average Bonchev–Trinajstić information content (AvgIpc) is 3.36. The molecule has 9 heteroatoms. The minimum Gasteiger partial charge on any atom is -0.497 e. The largest absolute Gasteiger partial charge is 0.497 e. The van der Waals surface area contributed by atoms with E-state index in [1.807, 2.05) is 12.2 Å². The quantitative estimate of drug-likeness (QED) is 0.240. The van der Waals surface area contributed by atoms with Gasteiger partial charge < -0.3 is 9.15 Å². The summed E-state index contributed by atoms with van der Waals surface area (Å²) in [6, 6.07) is 7.61. The van der Waals surface area contributed by atoms with E-state index in [1.54, 1.807) is 18.2 Å². The minimum absolute atomic E-state index is 0.0949. The van der Waals surface area contributed by atoms with E-state index >= 15 is 0 Å². The summed E-state index contributed by atoms with van der Waals surface area (Å²) < 4.78 is 10.7. The zero-order chi connectivity index (χ0) is 21.7. The fraction of sp³-hybridized carbons (Fsp3) is 0.318. The number of nitrogens with zero attached hydrogens (tertiary/aromatic N) is 3. The number of nitro benzene ring substituents is 1. The molecule has 2 bridgehead atoms. The van der Waals surface area contributed by atoms with Gasteiger partial charge in [0.25, 0.3) is 17.5 Å². The summed E-state index contributed by atoms with van der Waals surface area (Å²) in [5.41, 5.74) is 0.126. The number of rotatable bonds is 5. The van der Waals surface area contributed by atoms with Gasteiger partial charge in [0.15, 0.2) is 0 Å². The van der Waals surface area contributed by atoms with Crippen molar-refractivity contribution in [3.05, 3.63) is 58.4 Å². The first-order valence-electron chi connectivity index (χ1n) is 10.0. The van der Waals surface area contributed by atoms with E-state index in [0.29, 0.717) is 5.75 Å². The van der Waals surface area contributed by atoms with Crippen LogP contribution < -0.4 is 4.74 Å². The van der Waals surface area contributed by atoms with Crippen molar-refractivity contribution >= 4 is 23.7 Å². The average molecular weight is 421 g/mol. The van der Waals surface area contributed by atoms with Crippen LogP contribution in [0.5, 0.6) is 5.75 Å². The molecule has 1 aliphatic heterocycles. The van der Waals surface area contributed by atoms with Crippen LogP contribution in [0.15, 0.2) is 52.0 Å². The number of nitro groups is 1. The third-order valence-corrected chi connectivity index (χ3v) is 6.33. The molecular formula is C22H19N3O6. The van der Waals surface area contributed by atoms with Gasteiger partial charge in [0.2, 0.25) is 0 Å². The standard InChI is InChI=1S/C22H19N3O6/c1-30-14-6-8-16(17(10-14)25(28)29)18-9-7-15(31-18)11-23-24-21(26)19-12-2-3-13(5-4-12)20(19)22(24)27/h2-3,6-13,19-20H,4-5H2,1H3/b23-11+. The summed E-state index contributed by atoms with van der Waals surface area (Å²) in [5, 5.41) is 16.5. The Balaban J connectivity index is 1.39. The molecule has 6 rings (SSSR count). The van der Waals surface area contributed by atoms with Gasteiger partial charge in [-0.25, -0.2) is 0 Å². The van der Waals surface area contributed by atoms with Gasteiger partial charge in [-0.05, 0) is 48.9 Å². The van der Waals surface area contributed by atoms with Gasteiger partial charge in [-0.15, -0.1) is 0 Å². The van der Waals surface area contributed by atoms with Crippen LogP contribution in [-0.4, -0.2) is 35.1 Å². The molecule has 4 aliphatic rings. The maximum absolute atomic E-state index is 12.8. The molecule has 2 amide bonds. The van der Waals surface area contributed by atoms with E-state index < -0.39 is 4.92 Å². The molecule has 1 saturated carbocycles. The van der Waals surface area contributed by atoms with Crippen molar-refractivity contribution in [2.75, 3.05) is 7.11 Å². The zero-order valence-electron chi connectivity index (χ0n) is 16.6. The van der Waals surface area contributed by atoms with Gasteiger partial charge in [-0.3, -0.25) is 19.7 Å². The highest BCUT2D eigenvalue weighted by atomic mass is 16.6. The van der Waals surface area contributed by atoms with E-state index in [4.69, 9.17) is 9.15 Å². The van der Waals surface area contributed by atoms with Crippen molar-refractivity contribution in [2.45, 2.75) is 12.8 Å². The summed E-state index contributed by atoms with van der Waals surface area (Å²) in [7, 11) is 1.43. The van der Waals surface area contributed by atoms with Gasteiger partial charge in [0.05, 0.1) is 41.7 Å². The first-order valence-corrected chi connectivity index (χ1v) is 10.0. The molecule has 3 aliphatic carbocycles. The maximum atomic E-state index is 12.8. The lowest BCUT2D eigenvalue weighted by Gasteiger charge is -2.37. The number of benzene rings is 1. The summed E-state index contributed by atoms with van der Waals surface area (Å²) in [4.78, 5) is 36.5. The van der Waals surface area contributed by atoms with E-state index in [0.717, 1.165) is 17.9 Å². The summed E-state index contributed by atoms with van der Waals surface area (Å²) in [5.74, 6) is -0.118. The first-order chi connectivity index (χ1) is 15.0. The molecule has 31 heavy (non-hydrogen) atoms. The summed E-state index contributed by atoms with van der Waals surface area (Å²) in [6.45, 7) is 0. The molecule has 9 nitrogen and oxygen atoms in total. The molecule has 2 fully saturated rings. The number of amides is 2. The predicted molar refractivity (Wildman–Crippen MR) is 109 cm³/mol. The zero-order valence-corrected chi connectivity index (χ0v) is 16.6. The van der Waals surface area contributed by atoms with Crippen LogP contribution in [0, 0.1) is 33.8 Å². The number of carbonyl (C=O) groups excluding carboxylic acids is 2. The van der Waals surface area contributed by atoms with Gasteiger partial charge in [-0.2, -0.15) is 10.1 Å². The number of furan rings is 1. The van der Waals surface area contributed by atoms with Gasteiger partial charge in [0.1, 0.15) is 17.3 Å². The molecule has 2 heterocycles. The molecule has 4 unspecified atom stereocenters. The van der Waals surface area contributed by atoms with Gasteiger partial charge >= 0.3 is 0 Å². The third kappa shape index (κ3) is 3.04. The lowest BCUT2D eigenvalue weighted by molar-refractivity contribution is -0.384. The van der Waals surface area contributed by atoms with E-state index in [1.165, 1.54) is 25.5 Å². The van der Waals surface area contributed by atoms with Crippen molar-refractivity contribution in [2.24, 2.45) is 28.8 Å². The van der Waals surface area contributed by atoms with Crippen LogP contribution >= 0.6 is 0 Å². The lowest BCUT2D eigenvalue weighted by Crippen LogP contribution is -2.38. The Bertz CT molecular complexity index is 1120. The van der Waals surface area contributed by atoms with E-state index in [2.05, 4.69) is 5.10 Å². The molecule has 0 radical (unpaired) electrons. The SMILES string of the molecule is COc1ccc(-c2ccc(/C=N/N3C(=O)C4C5C=CC(CC5)C4C3=O)o2)c([N+](=O)[O-])c1. The Kier molecular flexibility index (Phi) is 4.46. The van der Waals surface area contributed by atoms with Crippen LogP contribution in [0.3, 0.4) is 0 Å². The van der Waals surface area contributed by atoms with E-state index in [9.17, 15) is 19.7 Å². The topological polar surface area (TPSA) is 115 Å². The smallest absolute Gasteiger partial charge is 0.284 e. The van der Waals surface area contributed by atoms with E-state index in [-0.39, 0.29) is 58.3 Å². The van der Waals surface area contributed by atoms with Gasteiger partial charge in [0, 0.05) is 0 Å². The summed E-state index contributed by atoms with van der Waals surface area (Å²) in [6.07, 6.45) is 7.23. The van der Waals surface area contributed by atoms with Crippen LogP contribution in [-0.2, 0) is 9.59 Å². The molecule has 158 valence electrons. The first kappa shape index (κ1) is 19.2. The minimum atomic E-state index is -0.514. The lowest BCUT2D eigenvalue weighted by atomic mass is 9.63. The number of hydrazone groups is 1. The molecule has 2 aromatic rings. The number of fused-ring (bicyclic) bond motifs is 1. The molecule has 1 aromatic heterocycles. The second-order valence-corrected chi connectivity index (χ2v) is 7.92. The predicted octanol–water partition coefficient (Wildman–Crippen LogP) is 3.39. The fourth-order valence-corrected chi connectivity index (χ4v) is 4.85. The maximum Gasteiger partial charge on any atom is 0.284 e. The van der Waals surface area contributed by atoms with Crippen LogP contribution in [0.2, 0.25) is 0 Å². The molecule has 4 atom stereocenters. The monoisotopic (exact) mass is 421 g/mol. The van der Waals surface area contributed by atoms with Crippen molar-refractivity contribution in [3.8, 4) is 17.1 Å². The van der Waals surface area contributed by atoms with Crippen molar-refractivity contribution < 1.29 is 23.7 Å². The Morgan fingerprint density at radius 1 is 1.13 bits per heavy atom. The number of carbonyl (C=O) groups is 2. The molecule has 1 saturated heterocycles. The highest BCUT2D eigenvalue weighted by Gasteiger charge is 2.56. The Labute approximate surface area is 177 Å². The number of ether oxygens (including phenoxy) is 1. The van der Waals surface area contributed by atoms with Crippen LogP contribution in [0.1, 0.15) is 18.6 Å². The van der Waals surface area contributed by atoms with Crippen LogP contribution in [0.25, 0.3) is 11.3 Å². The van der Waals surface area contributed by atoms with Crippen LogP contribution in [0.4, 0.5) is 5.69 Å². The second kappa shape index (κ2) is 7.19. The Morgan fingerprint density at radius 2 is 1.81 bits per heavy atom. The van der Waals surface area contributed by atoms with Crippen molar-refractivity contribution in [3.63, 3.8) is 0 Å². The number of imide groups is 1. The highest BCUT2D eigenvalue weighted by molar-refractivity contribution is 6.06. The molecule has 0 spiro atoms. The normalized spacial score (nSPS) is 26.7. The molecular weight excluding hydrogens is 402 g/mol. The fourth-order valence-electron chi connectivity index (χ4n) is 4.85. The Morgan fingerprint density at radius 3 is 2.39 bits per heavy atom. The number of allylic oxidation sites excluding steroid dienone is 2. The summed E-state index contributed by atoms with van der Waals surface area (Å²) >= 11 is 0. The van der Waals surface area contributed by atoms with Gasteiger partial charge in [-0.1, -0.05) is 12.2 Å². The Hall–Kier alpha value is -3.75. The molecule has 1 aromatic carbocycles. The number of hydrogen-bond acceptors (Lipinski definition) is 7. The highest BCUT2D eigenvalue weighted by Crippen LogP contribution is 2.49. The second-order valence-electron chi connectivity index (χ2n) is 7.92. The van der Waals surface area contributed by atoms with Crippen molar-refractivity contribution in [1.29, 1.82) is 0 Å². The van der Waals surface area contributed by atoms with Crippen molar-refractivity contribution in [1.82, 2.24) is 5.01 Å². The number of methoxy groups -OCH3 is 1. The number of hydrogen-bond donors (Lipinski definition) is 0. The third-order valence-electron chi connectivity index (χ3n) is 6.33.